The highest BCUT2D eigenvalue weighted by atomic mass is 35.5. The molecule has 0 radical (unpaired) electrons. The minimum Gasteiger partial charge on any atom is -0.356 e. The number of carbonyl (C=O) groups is 2. The zero-order valence-corrected chi connectivity index (χ0v) is 19.1. The number of halogens is 1. The maximum Gasteiger partial charge on any atom is 0.228 e. The highest BCUT2D eigenvalue weighted by Crippen LogP contribution is 2.31. The molecule has 0 unspecified atom stereocenters. The van der Waals surface area contributed by atoms with Gasteiger partial charge < -0.3 is 21.3 Å². The first-order valence-electron chi connectivity index (χ1n) is 11.1. The van der Waals surface area contributed by atoms with Crippen LogP contribution in [0, 0.1) is 0 Å². The van der Waals surface area contributed by atoms with E-state index in [4.69, 9.17) is 17.3 Å². The smallest absolute Gasteiger partial charge is 0.228 e. The fraction of sp³-hybridized carbons (Fsp3) is 0.231. The third-order valence-electron chi connectivity index (χ3n) is 5.59. The molecule has 6 nitrogen and oxygen atoms in total. The van der Waals surface area contributed by atoms with E-state index in [1.54, 1.807) is 23.1 Å². The van der Waals surface area contributed by atoms with Gasteiger partial charge in [-0.15, -0.1) is 0 Å². The molecule has 0 spiro atoms. The van der Waals surface area contributed by atoms with Gasteiger partial charge in [0.05, 0.1) is 17.1 Å². The molecule has 4 N–H and O–H groups in total. The molecule has 3 aromatic rings. The molecule has 1 fully saturated rings. The van der Waals surface area contributed by atoms with Crippen LogP contribution in [0.4, 0.5) is 22.7 Å². The number of nitrogens with two attached hydrogens (primary N) is 1. The average molecular weight is 463 g/mol. The number of carbonyl (C=O) groups excluding carboxylic acids is 2. The highest BCUT2D eigenvalue weighted by molar-refractivity contribution is 6.34. The number of amides is 2. The third kappa shape index (κ3) is 5.92. The summed E-state index contributed by atoms with van der Waals surface area (Å²) in [7, 11) is 0. The van der Waals surface area contributed by atoms with Gasteiger partial charge in [-0.25, -0.2) is 0 Å². The summed E-state index contributed by atoms with van der Waals surface area (Å²) in [5.41, 5.74) is 10.8. The van der Waals surface area contributed by atoms with E-state index in [0.717, 1.165) is 35.3 Å². The standard InChI is InChI=1S/C26H27ClN4O2/c27-23-16-22(10-11-24(23)31-12-2-1-9-26(31)33)30-25(32)15-18-5-3-7-20(13-18)29-21-8-4-6-19(14-21)17-28/h3-8,10-11,13-14,16,29H,1-2,9,12,15,17,28H2,(H,30,32). The number of benzene rings is 3. The largest absolute Gasteiger partial charge is 0.356 e. The lowest BCUT2D eigenvalue weighted by atomic mass is 10.1. The Morgan fingerprint density at radius 1 is 0.939 bits per heavy atom. The Morgan fingerprint density at radius 2 is 1.67 bits per heavy atom. The summed E-state index contributed by atoms with van der Waals surface area (Å²) in [6, 6.07) is 20.9. The first kappa shape index (κ1) is 22.8. The Balaban J connectivity index is 1.39. The molecule has 33 heavy (non-hydrogen) atoms. The van der Waals surface area contributed by atoms with Crippen LogP contribution < -0.4 is 21.3 Å². The topological polar surface area (TPSA) is 87.5 Å². The average Bonchev–Trinajstić information content (AvgIpc) is 2.80. The summed E-state index contributed by atoms with van der Waals surface area (Å²) in [5, 5.41) is 6.70. The Bertz CT molecular complexity index is 1160. The van der Waals surface area contributed by atoms with E-state index in [1.807, 2.05) is 48.5 Å². The quantitative estimate of drug-likeness (QED) is 0.448. The summed E-state index contributed by atoms with van der Waals surface area (Å²) in [6.07, 6.45) is 2.65. The number of piperidine rings is 1. The van der Waals surface area contributed by atoms with Crippen molar-refractivity contribution in [1.29, 1.82) is 0 Å². The van der Waals surface area contributed by atoms with Crippen LogP contribution in [0.3, 0.4) is 0 Å². The number of hydrogen-bond donors (Lipinski definition) is 3. The van der Waals surface area contributed by atoms with Gasteiger partial charge in [0.25, 0.3) is 0 Å². The molecule has 1 aliphatic rings. The van der Waals surface area contributed by atoms with E-state index in [0.29, 0.717) is 35.9 Å². The molecular formula is C26H27ClN4O2. The molecule has 0 bridgehead atoms. The van der Waals surface area contributed by atoms with Crippen LogP contribution in [0.15, 0.2) is 66.7 Å². The normalized spacial score (nSPS) is 13.6. The van der Waals surface area contributed by atoms with Crippen LogP contribution in [0.1, 0.15) is 30.4 Å². The SMILES string of the molecule is NCc1cccc(Nc2cccc(CC(=O)Nc3ccc(N4CCCCC4=O)c(Cl)c3)c2)c1. The van der Waals surface area contributed by atoms with Crippen molar-refractivity contribution in [3.05, 3.63) is 82.9 Å². The van der Waals surface area contributed by atoms with Crippen molar-refractivity contribution in [2.45, 2.75) is 32.2 Å². The van der Waals surface area contributed by atoms with Crippen molar-refractivity contribution < 1.29 is 9.59 Å². The molecule has 7 heteroatoms. The Kier molecular flexibility index (Phi) is 7.27. The van der Waals surface area contributed by atoms with Crippen molar-refractivity contribution in [2.24, 2.45) is 5.73 Å². The Morgan fingerprint density at radius 3 is 2.36 bits per heavy atom. The van der Waals surface area contributed by atoms with Gasteiger partial charge in [-0.3, -0.25) is 9.59 Å². The minimum absolute atomic E-state index is 0.0863. The molecule has 1 aliphatic heterocycles. The van der Waals surface area contributed by atoms with Gasteiger partial charge in [0, 0.05) is 36.6 Å². The predicted molar refractivity (Wildman–Crippen MR) is 134 cm³/mol. The molecule has 2 amide bonds. The number of nitrogens with zero attached hydrogens (tertiary/aromatic N) is 1. The van der Waals surface area contributed by atoms with Crippen molar-refractivity contribution in [3.8, 4) is 0 Å². The molecular weight excluding hydrogens is 436 g/mol. The van der Waals surface area contributed by atoms with Crippen molar-refractivity contribution >= 4 is 46.2 Å². The van der Waals surface area contributed by atoms with Gasteiger partial charge in [0.15, 0.2) is 0 Å². The van der Waals surface area contributed by atoms with Crippen LogP contribution in [-0.4, -0.2) is 18.4 Å². The number of anilines is 4. The van der Waals surface area contributed by atoms with Gasteiger partial charge in [0.2, 0.25) is 11.8 Å². The maximum atomic E-state index is 12.6. The lowest BCUT2D eigenvalue weighted by Crippen LogP contribution is -2.35. The van der Waals surface area contributed by atoms with Crippen molar-refractivity contribution in [2.75, 3.05) is 22.1 Å². The second-order valence-electron chi connectivity index (χ2n) is 8.12. The zero-order chi connectivity index (χ0) is 23.2. The van der Waals surface area contributed by atoms with E-state index in [9.17, 15) is 9.59 Å². The molecule has 1 heterocycles. The van der Waals surface area contributed by atoms with Gasteiger partial charge >= 0.3 is 0 Å². The zero-order valence-electron chi connectivity index (χ0n) is 18.3. The highest BCUT2D eigenvalue weighted by Gasteiger charge is 2.21. The maximum absolute atomic E-state index is 12.6. The number of hydrogen-bond acceptors (Lipinski definition) is 4. The lowest BCUT2D eigenvalue weighted by molar-refractivity contribution is -0.119. The number of rotatable bonds is 7. The van der Waals surface area contributed by atoms with Crippen LogP contribution in [0.5, 0.6) is 0 Å². The fourth-order valence-electron chi connectivity index (χ4n) is 3.96. The molecule has 170 valence electrons. The summed E-state index contributed by atoms with van der Waals surface area (Å²) < 4.78 is 0. The molecule has 0 aromatic heterocycles. The molecule has 3 aromatic carbocycles. The van der Waals surface area contributed by atoms with E-state index < -0.39 is 0 Å². The molecule has 0 atom stereocenters. The summed E-state index contributed by atoms with van der Waals surface area (Å²) in [6.45, 7) is 1.15. The molecule has 1 saturated heterocycles. The monoisotopic (exact) mass is 462 g/mol. The first-order valence-corrected chi connectivity index (χ1v) is 11.4. The Hall–Kier alpha value is -3.35. The van der Waals surface area contributed by atoms with Crippen molar-refractivity contribution in [3.63, 3.8) is 0 Å². The molecule has 0 aliphatic carbocycles. The van der Waals surface area contributed by atoms with Crippen LogP contribution in [-0.2, 0) is 22.6 Å². The minimum atomic E-state index is -0.143. The van der Waals surface area contributed by atoms with Gasteiger partial charge in [-0.1, -0.05) is 35.9 Å². The fourth-order valence-corrected chi connectivity index (χ4v) is 4.24. The van der Waals surface area contributed by atoms with Gasteiger partial charge in [0.1, 0.15) is 0 Å². The summed E-state index contributed by atoms with van der Waals surface area (Å²) >= 11 is 6.43. The predicted octanol–water partition coefficient (Wildman–Crippen LogP) is 5.24. The number of nitrogens with one attached hydrogen (secondary N) is 2. The molecule has 0 saturated carbocycles. The molecule has 4 rings (SSSR count). The van der Waals surface area contributed by atoms with E-state index >= 15 is 0 Å². The third-order valence-corrected chi connectivity index (χ3v) is 5.89. The van der Waals surface area contributed by atoms with Crippen LogP contribution in [0.25, 0.3) is 0 Å². The van der Waals surface area contributed by atoms with Crippen LogP contribution >= 0.6 is 11.6 Å². The van der Waals surface area contributed by atoms with Gasteiger partial charge in [-0.05, 0) is 66.4 Å². The second-order valence-corrected chi connectivity index (χ2v) is 8.53. The van der Waals surface area contributed by atoms with Crippen molar-refractivity contribution in [1.82, 2.24) is 0 Å². The Labute approximate surface area is 198 Å². The van der Waals surface area contributed by atoms with E-state index in [2.05, 4.69) is 10.6 Å². The lowest BCUT2D eigenvalue weighted by Gasteiger charge is -2.27. The summed E-state index contributed by atoms with van der Waals surface area (Å²) in [5.74, 6) is -0.0571. The van der Waals surface area contributed by atoms with E-state index in [-0.39, 0.29) is 18.2 Å². The summed E-state index contributed by atoms with van der Waals surface area (Å²) in [4.78, 5) is 26.5. The van der Waals surface area contributed by atoms with E-state index in [1.165, 1.54) is 0 Å². The van der Waals surface area contributed by atoms with Crippen LogP contribution in [0.2, 0.25) is 5.02 Å². The second kappa shape index (κ2) is 10.5. The first-order chi connectivity index (χ1) is 16.0. The van der Waals surface area contributed by atoms with Gasteiger partial charge in [-0.2, -0.15) is 0 Å².